The van der Waals surface area contributed by atoms with Crippen molar-refractivity contribution in [3.63, 3.8) is 0 Å². The van der Waals surface area contributed by atoms with Gasteiger partial charge in [0.05, 0.1) is 13.2 Å². The van der Waals surface area contributed by atoms with E-state index in [-0.39, 0.29) is 6.10 Å². The lowest BCUT2D eigenvalue weighted by Crippen LogP contribution is -2.39. The summed E-state index contributed by atoms with van der Waals surface area (Å²) in [6.07, 6.45) is 2.39. The van der Waals surface area contributed by atoms with Gasteiger partial charge in [0.15, 0.2) is 5.11 Å². The first-order valence-electron chi connectivity index (χ1n) is 8.70. The molecule has 2 aromatic rings. The van der Waals surface area contributed by atoms with Crippen molar-refractivity contribution in [2.75, 3.05) is 25.6 Å². The molecule has 1 heterocycles. The molecule has 1 atom stereocenters. The lowest BCUT2D eigenvalue weighted by molar-refractivity contribution is 0.0905. The van der Waals surface area contributed by atoms with Crippen LogP contribution < -0.4 is 10.1 Å². The molecule has 2 aromatic carbocycles. The van der Waals surface area contributed by atoms with Crippen LogP contribution in [-0.4, -0.2) is 36.4 Å². The van der Waals surface area contributed by atoms with Crippen LogP contribution in [0.5, 0.6) is 5.75 Å². The Morgan fingerprint density at radius 3 is 2.81 bits per heavy atom. The highest BCUT2D eigenvalue weighted by Crippen LogP contribution is 2.20. The van der Waals surface area contributed by atoms with Gasteiger partial charge in [0.1, 0.15) is 5.75 Å². The van der Waals surface area contributed by atoms with Gasteiger partial charge in [-0.05, 0) is 67.0 Å². The van der Waals surface area contributed by atoms with Gasteiger partial charge in [-0.1, -0.05) is 23.7 Å². The Kier molecular flexibility index (Phi) is 6.72. The smallest absolute Gasteiger partial charge is 0.173 e. The maximum absolute atomic E-state index is 5.96. The van der Waals surface area contributed by atoms with Crippen molar-refractivity contribution in [3.05, 3.63) is 59.1 Å². The Morgan fingerprint density at radius 1 is 1.31 bits per heavy atom. The van der Waals surface area contributed by atoms with Crippen LogP contribution in [0.25, 0.3) is 0 Å². The summed E-state index contributed by atoms with van der Waals surface area (Å²) in [6, 6.07) is 15.6. The number of hydrogen-bond acceptors (Lipinski definition) is 3. The number of methoxy groups -OCH3 is 1. The molecule has 0 amide bonds. The highest BCUT2D eigenvalue weighted by molar-refractivity contribution is 7.80. The third-order valence-corrected chi connectivity index (χ3v) is 4.95. The van der Waals surface area contributed by atoms with Crippen LogP contribution in [0.1, 0.15) is 18.4 Å². The molecule has 1 aliphatic rings. The molecule has 1 unspecified atom stereocenters. The van der Waals surface area contributed by atoms with Crippen molar-refractivity contribution in [3.8, 4) is 5.75 Å². The molecule has 0 aliphatic carbocycles. The number of hydrogen-bond donors (Lipinski definition) is 1. The van der Waals surface area contributed by atoms with E-state index >= 15 is 0 Å². The van der Waals surface area contributed by atoms with Crippen LogP contribution >= 0.6 is 23.8 Å². The third kappa shape index (κ3) is 5.34. The molecule has 1 aliphatic heterocycles. The van der Waals surface area contributed by atoms with E-state index in [4.69, 9.17) is 33.3 Å². The fourth-order valence-electron chi connectivity index (χ4n) is 2.98. The maximum atomic E-state index is 5.96. The van der Waals surface area contributed by atoms with E-state index in [1.54, 1.807) is 7.11 Å². The van der Waals surface area contributed by atoms with Gasteiger partial charge in [-0.25, -0.2) is 0 Å². The van der Waals surface area contributed by atoms with Crippen molar-refractivity contribution in [2.45, 2.75) is 25.5 Å². The number of nitrogens with one attached hydrogen (secondary N) is 1. The van der Waals surface area contributed by atoms with Gasteiger partial charge in [0.25, 0.3) is 0 Å². The molecule has 6 heteroatoms. The van der Waals surface area contributed by atoms with Gasteiger partial charge in [0.2, 0.25) is 0 Å². The Labute approximate surface area is 165 Å². The fourth-order valence-corrected chi connectivity index (χ4v) is 3.36. The minimum absolute atomic E-state index is 0.213. The molecule has 0 spiro atoms. The fraction of sp³-hybridized carbons (Fsp3) is 0.350. The number of nitrogens with zero attached hydrogens (tertiary/aromatic N) is 1. The SMILES string of the molecule is COc1cccc(CN(CC2CCCO2)C(=S)Nc2ccc(Cl)cc2)c1. The monoisotopic (exact) mass is 390 g/mol. The first-order chi connectivity index (χ1) is 12.6. The van der Waals surface area contributed by atoms with Crippen molar-refractivity contribution >= 4 is 34.6 Å². The average Bonchev–Trinajstić information content (AvgIpc) is 3.16. The normalized spacial score (nSPS) is 16.3. The molecule has 138 valence electrons. The first kappa shape index (κ1) is 19.0. The zero-order chi connectivity index (χ0) is 18.4. The van der Waals surface area contributed by atoms with E-state index in [1.165, 1.54) is 0 Å². The Hall–Kier alpha value is -1.82. The third-order valence-electron chi connectivity index (χ3n) is 4.34. The molecule has 1 N–H and O–H groups in total. The van der Waals surface area contributed by atoms with E-state index < -0.39 is 0 Å². The number of thiocarbonyl (C=S) groups is 1. The Morgan fingerprint density at radius 2 is 2.12 bits per heavy atom. The van der Waals surface area contributed by atoms with Crippen molar-refractivity contribution < 1.29 is 9.47 Å². The highest BCUT2D eigenvalue weighted by Gasteiger charge is 2.21. The van der Waals surface area contributed by atoms with Crippen LogP contribution in [0.15, 0.2) is 48.5 Å². The summed E-state index contributed by atoms with van der Waals surface area (Å²) in [4.78, 5) is 2.15. The molecular weight excluding hydrogens is 368 g/mol. The minimum atomic E-state index is 0.213. The van der Waals surface area contributed by atoms with Gasteiger partial charge >= 0.3 is 0 Å². The van der Waals surface area contributed by atoms with E-state index in [0.717, 1.165) is 43.0 Å². The van der Waals surface area contributed by atoms with Gasteiger partial charge in [-0.2, -0.15) is 0 Å². The molecule has 3 rings (SSSR count). The predicted molar refractivity (Wildman–Crippen MR) is 110 cm³/mol. The van der Waals surface area contributed by atoms with E-state index in [2.05, 4.69) is 16.3 Å². The van der Waals surface area contributed by atoms with Gasteiger partial charge in [0, 0.05) is 30.4 Å². The molecule has 26 heavy (non-hydrogen) atoms. The number of benzene rings is 2. The van der Waals surface area contributed by atoms with Crippen LogP contribution in [0, 0.1) is 0 Å². The second-order valence-corrected chi connectivity index (χ2v) is 7.13. The van der Waals surface area contributed by atoms with Crippen LogP contribution in [0.2, 0.25) is 5.02 Å². The summed E-state index contributed by atoms with van der Waals surface area (Å²) >= 11 is 11.6. The molecule has 4 nitrogen and oxygen atoms in total. The summed E-state index contributed by atoms with van der Waals surface area (Å²) < 4.78 is 11.1. The van der Waals surface area contributed by atoms with Crippen molar-refractivity contribution in [1.82, 2.24) is 4.90 Å². The van der Waals surface area contributed by atoms with Gasteiger partial charge in [-0.15, -0.1) is 0 Å². The summed E-state index contributed by atoms with van der Waals surface area (Å²) in [5.74, 6) is 0.844. The molecule has 0 saturated carbocycles. The molecule has 1 fully saturated rings. The molecule has 0 bridgehead atoms. The Bertz CT molecular complexity index is 733. The van der Waals surface area contributed by atoms with Crippen molar-refractivity contribution in [1.29, 1.82) is 0 Å². The second-order valence-electron chi connectivity index (χ2n) is 6.30. The standard InChI is InChI=1S/C20H23ClN2O2S/c1-24-18-5-2-4-15(12-18)13-23(14-19-6-3-11-25-19)20(26)22-17-9-7-16(21)8-10-17/h2,4-5,7-10,12,19H,3,6,11,13-14H2,1H3,(H,22,26). The predicted octanol–water partition coefficient (Wildman–Crippen LogP) is 4.73. The van der Waals surface area contributed by atoms with E-state index in [0.29, 0.717) is 16.7 Å². The molecular formula is C20H23ClN2O2S. The first-order valence-corrected chi connectivity index (χ1v) is 9.48. The number of ether oxygens (including phenoxy) is 2. The quantitative estimate of drug-likeness (QED) is 0.721. The average molecular weight is 391 g/mol. The van der Waals surface area contributed by atoms with Gasteiger partial charge in [-0.3, -0.25) is 0 Å². The Balaban J connectivity index is 1.72. The summed E-state index contributed by atoms with van der Waals surface area (Å²) in [5.41, 5.74) is 2.06. The van der Waals surface area contributed by atoms with Crippen LogP contribution in [-0.2, 0) is 11.3 Å². The number of anilines is 1. The molecule has 0 radical (unpaired) electrons. The second kappa shape index (κ2) is 9.21. The van der Waals surface area contributed by atoms with Crippen molar-refractivity contribution in [2.24, 2.45) is 0 Å². The van der Waals surface area contributed by atoms with Crippen LogP contribution in [0.4, 0.5) is 5.69 Å². The van der Waals surface area contributed by atoms with Gasteiger partial charge < -0.3 is 19.7 Å². The number of rotatable bonds is 6. The topological polar surface area (TPSA) is 33.7 Å². The minimum Gasteiger partial charge on any atom is -0.497 e. The van der Waals surface area contributed by atoms with E-state index in [1.807, 2.05) is 42.5 Å². The number of halogens is 1. The zero-order valence-electron chi connectivity index (χ0n) is 14.8. The summed E-state index contributed by atoms with van der Waals surface area (Å²) in [7, 11) is 1.68. The summed E-state index contributed by atoms with van der Waals surface area (Å²) in [5, 5.41) is 4.68. The largest absolute Gasteiger partial charge is 0.497 e. The van der Waals surface area contributed by atoms with Crippen LogP contribution in [0.3, 0.4) is 0 Å². The molecule has 1 saturated heterocycles. The lowest BCUT2D eigenvalue weighted by atomic mass is 10.2. The van der Waals surface area contributed by atoms with E-state index in [9.17, 15) is 0 Å². The maximum Gasteiger partial charge on any atom is 0.173 e. The molecule has 0 aromatic heterocycles. The highest BCUT2D eigenvalue weighted by atomic mass is 35.5. The zero-order valence-corrected chi connectivity index (χ0v) is 16.4. The lowest BCUT2D eigenvalue weighted by Gasteiger charge is -2.28. The summed E-state index contributed by atoms with van der Waals surface area (Å²) in [6.45, 7) is 2.28.